The van der Waals surface area contributed by atoms with Crippen LogP contribution in [0.5, 0.6) is 0 Å². The third-order valence-electron chi connectivity index (χ3n) is 1.46. The molecule has 1 atom stereocenters. The fourth-order valence-corrected chi connectivity index (χ4v) is 0.355. The fraction of sp³-hybridized carbons (Fsp3) is 0.833. The van der Waals surface area contributed by atoms with Gasteiger partial charge in [-0.3, -0.25) is 0 Å². The van der Waals surface area contributed by atoms with Crippen molar-refractivity contribution >= 4 is 5.97 Å². The van der Waals surface area contributed by atoms with Crippen LogP contribution < -0.4 is 0 Å². The molecule has 54 valence electrons. The van der Waals surface area contributed by atoms with Crippen LogP contribution in [-0.2, 0) is 9.68 Å². The van der Waals surface area contributed by atoms with E-state index in [0.717, 1.165) is 0 Å². The van der Waals surface area contributed by atoms with E-state index < -0.39 is 5.97 Å². The van der Waals surface area contributed by atoms with Gasteiger partial charge in [-0.05, 0) is 5.92 Å². The van der Waals surface area contributed by atoms with Crippen LogP contribution in [0.3, 0.4) is 0 Å². The van der Waals surface area contributed by atoms with Crippen LogP contribution in [0.2, 0.25) is 0 Å². The molecule has 0 fully saturated rings. The number of hydrogen-bond donors (Lipinski definition) is 1. The lowest BCUT2D eigenvalue weighted by Gasteiger charge is -2.09. The molecule has 0 aliphatic heterocycles. The lowest BCUT2D eigenvalue weighted by Crippen LogP contribution is -2.17. The number of hydrogen-bond acceptors (Lipinski definition) is 3. The van der Waals surface area contributed by atoms with Crippen molar-refractivity contribution < 1.29 is 14.9 Å². The maximum absolute atomic E-state index is 10.5. The Hall–Kier alpha value is -0.570. The highest BCUT2D eigenvalue weighted by Gasteiger charge is 2.17. The summed E-state index contributed by atoms with van der Waals surface area (Å²) in [5.41, 5.74) is 0. The van der Waals surface area contributed by atoms with E-state index in [1.807, 2.05) is 13.8 Å². The van der Waals surface area contributed by atoms with Crippen LogP contribution in [-0.4, -0.2) is 11.2 Å². The first kappa shape index (κ1) is 8.43. The molecule has 0 aromatic heterocycles. The summed E-state index contributed by atoms with van der Waals surface area (Å²) in [6.07, 6.45) is 0. The van der Waals surface area contributed by atoms with Gasteiger partial charge in [0.2, 0.25) is 0 Å². The van der Waals surface area contributed by atoms with Crippen LogP contribution in [0.25, 0.3) is 0 Å². The van der Waals surface area contributed by atoms with Crippen molar-refractivity contribution in [2.75, 3.05) is 0 Å². The molecule has 0 spiro atoms. The lowest BCUT2D eigenvalue weighted by atomic mass is 9.99. The summed E-state index contributed by atoms with van der Waals surface area (Å²) in [5, 5.41) is 7.90. The summed E-state index contributed by atoms with van der Waals surface area (Å²) < 4.78 is 0. The molecule has 0 bridgehead atoms. The Morgan fingerprint density at radius 2 is 1.89 bits per heavy atom. The van der Waals surface area contributed by atoms with Crippen LogP contribution in [0.4, 0.5) is 0 Å². The van der Waals surface area contributed by atoms with Crippen molar-refractivity contribution in [3.63, 3.8) is 0 Å². The first-order valence-corrected chi connectivity index (χ1v) is 2.94. The average Bonchev–Trinajstić information content (AvgIpc) is 1.84. The highest BCUT2D eigenvalue weighted by Crippen LogP contribution is 2.09. The quantitative estimate of drug-likeness (QED) is 0.455. The maximum atomic E-state index is 10.5. The summed E-state index contributed by atoms with van der Waals surface area (Å²) in [6.45, 7) is 5.49. The molecule has 0 aromatic carbocycles. The molecule has 3 heteroatoms. The minimum atomic E-state index is -0.565. The van der Waals surface area contributed by atoms with Crippen LogP contribution >= 0.6 is 0 Å². The minimum Gasteiger partial charge on any atom is -0.301 e. The Morgan fingerprint density at radius 1 is 1.44 bits per heavy atom. The van der Waals surface area contributed by atoms with Crippen LogP contribution in [0.1, 0.15) is 20.8 Å². The van der Waals surface area contributed by atoms with E-state index in [9.17, 15) is 4.79 Å². The average molecular weight is 132 g/mol. The van der Waals surface area contributed by atoms with Gasteiger partial charge in [-0.15, -0.1) is 0 Å². The fourth-order valence-electron chi connectivity index (χ4n) is 0.355. The Balaban J connectivity index is 3.72. The van der Waals surface area contributed by atoms with E-state index in [4.69, 9.17) is 5.26 Å². The summed E-state index contributed by atoms with van der Waals surface area (Å²) >= 11 is 0. The van der Waals surface area contributed by atoms with Gasteiger partial charge in [-0.1, -0.05) is 20.8 Å². The Labute approximate surface area is 54.6 Å². The smallest absolute Gasteiger partial charge is 0.301 e. The van der Waals surface area contributed by atoms with E-state index in [1.54, 1.807) is 6.92 Å². The van der Waals surface area contributed by atoms with E-state index >= 15 is 0 Å². The third kappa shape index (κ3) is 2.46. The van der Waals surface area contributed by atoms with Gasteiger partial charge in [0.05, 0.1) is 5.92 Å². The normalized spacial score (nSPS) is 13.4. The second kappa shape index (κ2) is 3.45. The van der Waals surface area contributed by atoms with Gasteiger partial charge < -0.3 is 4.89 Å². The molecular weight excluding hydrogens is 120 g/mol. The molecule has 0 aliphatic carbocycles. The van der Waals surface area contributed by atoms with Crippen molar-refractivity contribution in [3.8, 4) is 0 Å². The molecule has 0 unspecified atom stereocenters. The zero-order valence-electron chi connectivity index (χ0n) is 5.92. The van der Waals surface area contributed by atoms with Crippen molar-refractivity contribution in [1.29, 1.82) is 0 Å². The van der Waals surface area contributed by atoms with Crippen molar-refractivity contribution in [1.82, 2.24) is 0 Å². The van der Waals surface area contributed by atoms with Crippen LogP contribution in [0, 0.1) is 11.8 Å². The molecule has 0 aromatic rings. The predicted molar refractivity (Wildman–Crippen MR) is 32.7 cm³/mol. The summed E-state index contributed by atoms with van der Waals surface area (Å²) in [5.74, 6) is -0.579. The molecule has 0 saturated heterocycles. The zero-order valence-corrected chi connectivity index (χ0v) is 5.92. The van der Waals surface area contributed by atoms with Gasteiger partial charge in [0.25, 0.3) is 0 Å². The van der Waals surface area contributed by atoms with Gasteiger partial charge in [-0.2, -0.15) is 5.26 Å². The highest BCUT2D eigenvalue weighted by molar-refractivity contribution is 5.71. The van der Waals surface area contributed by atoms with Gasteiger partial charge in [-0.25, -0.2) is 4.79 Å². The van der Waals surface area contributed by atoms with E-state index in [2.05, 4.69) is 4.89 Å². The second-order valence-electron chi connectivity index (χ2n) is 2.44. The molecule has 1 N–H and O–H groups in total. The largest absolute Gasteiger partial charge is 0.345 e. The monoisotopic (exact) mass is 132 g/mol. The molecule has 0 amide bonds. The number of carbonyl (C=O) groups is 1. The summed E-state index contributed by atoms with van der Waals surface area (Å²) in [6, 6.07) is 0. The minimum absolute atomic E-state index is 0.213. The number of carbonyl (C=O) groups excluding carboxylic acids is 1. The van der Waals surface area contributed by atoms with E-state index in [0.29, 0.717) is 0 Å². The SMILES string of the molecule is CC(C)[C@H](C)C(=O)OO. The van der Waals surface area contributed by atoms with E-state index in [-0.39, 0.29) is 11.8 Å². The topological polar surface area (TPSA) is 46.5 Å². The highest BCUT2D eigenvalue weighted by atomic mass is 17.1. The van der Waals surface area contributed by atoms with Gasteiger partial charge in [0, 0.05) is 0 Å². The summed E-state index contributed by atoms with van der Waals surface area (Å²) in [4.78, 5) is 14.0. The van der Waals surface area contributed by atoms with Crippen molar-refractivity contribution in [2.45, 2.75) is 20.8 Å². The predicted octanol–water partition coefficient (Wildman–Crippen LogP) is 1.29. The Morgan fingerprint density at radius 3 is 2.00 bits per heavy atom. The molecule has 0 saturated carbocycles. The molecule has 0 radical (unpaired) electrons. The molecule has 0 rings (SSSR count). The second-order valence-corrected chi connectivity index (χ2v) is 2.44. The van der Waals surface area contributed by atoms with Gasteiger partial charge >= 0.3 is 5.97 Å². The van der Waals surface area contributed by atoms with Gasteiger partial charge in [0.15, 0.2) is 0 Å². The molecule has 0 aliphatic rings. The molecular formula is C6H12O3. The first-order valence-electron chi connectivity index (χ1n) is 2.94. The zero-order chi connectivity index (χ0) is 7.44. The Kier molecular flexibility index (Phi) is 3.24. The maximum Gasteiger partial charge on any atom is 0.345 e. The first-order chi connectivity index (χ1) is 4.09. The lowest BCUT2D eigenvalue weighted by molar-refractivity contribution is -0.239. The van der Waals surface area contributed by atoms with E-state index in [1.165, 1.54) is 0 Å². The number of rotatable bonds is 2. The molecule has 0 heterocycles. The standard InChI is InChI=1S/C6H12O3/c1-4(2)5(3)6(7)9-8/h4-5,8H,1-3H3/t5-/m0/s1. The third-order valence-corrected chi connectivity index (χ3v) is 1.46. The van der Waals surface area contributed by atoms with Crippen molar-refractivity contribution in [2.24, 2.45) is 11.8 Å². The van der Waals surface area contributed by atoms with Gasteiger partial charge in [0.1, 0.15) is 0 Å². The van der Waals surface area contributed by atoms with Crippen molar-refractivity contribution in [3.05, 3.63) is 0 Å². The molecule has 3 nitrogen and oxygen atoms in total. The molecule has 9 heavy (non-hydrogen) atoms. The van der Waals surface area contributed by atoms with Crippen LogP contribution in [0.15, 0.2) is 0 Å². The Bertz CT molecular complexity index is 98.5. The summed E-state index contributed by atoms with van der Waals surface area (Å²) in [7, 11) is 0.